The van der Waals surface area contributed by atoms with Gasteiger partial charge in [-0.3, -0.25) is 9.52 Å². The van der Waals surface area contributed by atoms with Gasteiger partial charge in [0, 0.05) is 30.4 Å². The summed E-state index contributed by atoms with van der Waals surface area (Å²) < 4.78 is 29.6. The third-order valence-electron chi connectivity index (χ3n) is 3.87. The third kappa shape index (κ3) is 6.07. The number of alkyl carbamates (subject to hydrolysis) is 1. The van der Waals surface area contributed by atoms with E-state index in [0.29, 0.717) is 37.2 Å². The largest absolute Gasteiger partial charge is 0.445 e. The Morgan fingerprint density at radius 1 is 1.27 bits per heavy atom. The lowest BCUT2D eigenvalue weighted by Gasteiger charge is -2.32. The molecule has 0 aliphatic carbocycles. The second-order valence-electron chi connectivity index (χ2n) is 6.05. The number of piperidine rings is 1. The average molecular weight is 381 g/mol. The molecule has 0 unspecified atom stereocenters. The standard InChI is InChI=1S/C17H23N3O5S/c1-3-12-25-17(22)18-14-8-10-20(11-9-14)16(21)13-4-6-15(7-5-13)19-26(2,23)24/h3-7,14,19H,1,8-12H2,2H3,(H,18,22). The average Bonchev–Trinajstić information content (AvgIpc) is 2.59. The lowest BCUT2D eigenvalue weighted by Crippen LogP contribution is -2.46. The fourth-order valence-electron chi connectivity index (χ4n) is 2.65. The minimum atomic E-state index is -3.35. The highest BCUT2D eigenvalue weighted by Gasteiger charge is 2.24. The molecule has 8 nitrogen and oxygen atoms in total. The van der Waals surface area contributed by atoms with Crippen molar-refractivity contribution >= 4 is 27.7 Å². The predicted molar refractivity (Wildman–Crippen MR) is 98.5 cm³/mol. The molecular weight excluding hydrogens is 358 g/mol. The molecule has 26 heavy (non-hydrogen) atoms. The van der Waals surface area contributed by atoms with Crippen molar-refractivity contribution in [1.82, 2.24) is 10.2 Å². The molecule has 0 radical (unpaired) electrons. The summed E-state index contributed by atoms with van der Waals surface area (Å²) in [5.74, 6) is -0.122. The zero-order chi connectivity index (χ0) is 19.2. The topological polar surface area (TPSA) is 105 Å². The van der Waals surface area contributed by atoms with Gasteiger partial charge in [-0.1, -0.05) is 12.7 Å². The van der Waals surface area contributed by atoms with Gasteiger partial charge < -0.3 is 15.0 Å². The molecule has 142 valence electrons. The highest BCUT2D eigenvalue weighted by atomic mass is 32.2. The van der Waals surface area contributed by atoms with E-state index in [1.54, 1.807) is 29.2 Å². The van der Waals surface area contributed by atoms with E-state index in [-0.39, 0.29) is 18.6 Å². The number of anilines is 1. The number of hydrogen-bond donors (Lipinski definition) is 2. The van der Waals surface area contributed by atoms with Gasteiger partial charge in [0.1, 0.15) is 6.61 Å². The van der Waals surface area contributed by atoms with E-state index in [0.717, 1.165) is 6.26 Å². The molecule has 0 bridgehead atoms. The first-order chi connectivity index (χ1) is 12.3. The van der Waals surface area contributed by atoms with Crippen LogP contribution in [0.25, 0.3) is 0 Å². The maximum atomic E-state index is 12.5. The second-order valence-corrected chi connectivity index (χ2v) is 7.80. The zero-order valence-electron chi connectivity index (χ0n) is 14.6. The summed E-state index contributed by atoms with van der Waals surface area (Å²) in [6.45, 7) is 4.68. The molecule has 2 N–H and O–H groups in total. The molecule has 1 heterocycles. The molecule has 0 spiro atoms. The van der Waals surface area contributed by atoms with Crippen molar-refractivity contribution in [3.8, 4) is 0 Å². The van der Waals surface area contributed by atoms with Gasteiger partial charge >= 0.3 is 6.09 Å². The number of amides is 2. The Morgan fingerprint density at radius 2 is 1.88 bits per heavy atom. The van der Waals surface area contributed by atoms with Crippen LogP contribution in [-0.4, -0.2) is 57.3 Å². The summed E-state index contributed by atoms with van der Waals surface area (Å²) in [4.78, 5) is 25.8. The summed E-state index contributed by atoms with van der Waals surface area (Å²) in [7, 11) is -3.35. The van der Waals surface area contributed by atoms with Gasteiger partial charge in [-0.25, -0.2) is 13.2 Å². The Labute approximate surface area is 153 Å². The molecule has 1 aromatic carbocycles. The Kier molecular flexibility index (Phi) is 6.62. The molecule has 1 aromatic rings. The molecule has 0 atom stereocenters. The summed E-state index contributed by atoms with van der Waals surface area (Å²) in [5.41, 5.74) is 0.894. The Morgan fingerprint density at radius 3 is 2.42 bits per heavy atom. The van der Waals surface area contributed by atoms with Crippen molar-refractivity contribution in [1.29, 1.82) is 0 Å². The van der Waals surface area contributed by atoms with Crippen molar-refractivity contribution in [2.45, 2.75) is 18.9 Å². The summed E-state index contributed by atoms with van der Waals surface area (Å²) in [5, 5.41) is 2.77. The molecule has 2 rings (SSSR count). The molecule has 0 aromatic heterocycles. The minimum absolute atomic E-state index is 0.0299. The van der Waals surface area contributed by atoms with Crippen molar-refractivity contribution in [2.75, 3.05) is 30.7 Å². The van der Waals surface area contributed by atoms with Crippen molar-refractivity contribution in [2.24, 2.45) is 0 Å². The van der Waals surface area contributed by atoms with Gasteiger partial charge in [0.25, 0.3) is 5.91 Å². The van der Waals surface area contributed by atoms with E-state index in [1.807, 2.05) is 0 Å². The van der Waals surface area contributed by atoms with Gasteiger partial charge in [0.2, 0.25) is 10.0 Å². The zero-order valence-corrected chi connectivity index (χ0v) is 15.4. The van der Waals surface area contributed by atoms with Gasteiger partial charge in [0.05, 0.1) is 6.26 Å². The number of benzene rings is 1. The highest BCUT2D eigenvalue weighted by Crippen LogP contribution is 2.16. The molecule has 2 amide bonds. The number of carbonyl (C=O) groups is 2. The maximum absolute atomic E-state index is 12.5. The van der Waals surface area contributed by atoms with Crippen LogP contribution in [0.2, 0.25) is 0 Å². The van der Waals surface area contributed by atoms with E-state index in [9.17, 15) is 18.0 Å². The van der Waals surface area contributed by atoms with Crippen LogP contribution in [0.3, 0.4) is 0 Å². The number of nitrogens with zero attached hydrogens (tertiary/aromatic N) is 1. The lowest BCUT2D eigenvalue weighted by atomic mass is 10.0. The van der Waals surface area contributed by atoms with E-state index < -0.39 is 16.1 Å². The lowest BCUT2D eigenvalue weighted by molar-refractivity contribution is 0.0703. The van der Waals surface area contributed by atoms with E-state index in [4.69, 9.17) is 4.74 Å². The van der Waals surface area contributed by atoms with Crippen LogP contribution in [-0.2, 0) is 14.8 Å². The van der Waals surface area contributed by atoms with Gasteiger partial charge in [-0.05, 0) is 37.1 Å². The van der Waals surface area contributed by atoms with Crippen molar-refractivity contribution in [3.63, 3.8) is 0 Å². The Balaban J connectivity index is 1.86. The van der Waals surface area contributed by atoms with Crippen LogP contribution in [0.1, 0.15) is 23.2 Å². The minimum Gasteiger partial charge on any atom is -0.445 e. The quantitative estimate of drug-likeness (QED) is 0.728. The molecule has 1 aliphatic rings. The van der Waals surface area contributed by atoms with Gasteiger partial charge in [0.15, 0.2) is 0 Å². The molecule has 1 saturated heterocycles. The van der Waals surface area contributed by atoms with E-state index in [2.05, 4.69) is 16.6 Å². The van der Waals surface area contributed by atoms with Crippen LogP contribution < -0.4 is 10.0 Å². The first kappa shape index (κ1) is 19.8. The van der Waals surface area contributed by atoms with Crippen molar-refractivity contribution in [3.05, 3.63) is 42.5 Å². The number of sulfonamides is 1. The molecule has 1 aliphatic heterocycles. The van der Waals surface area contributed by atoms with Gasteiger partial charge in [-0.2, -0.15) is 0 Å². The fourth-order valence-corrected chi connectivity index (χ4v) is 3.21. The fraction of sp³-hybridized carbons (Fsp3) is 0.412. The molecule has 0 saturated carbocycles. The maximum Gasteiger partial charge on any atom is 0.407 e. The Bertz CT molecular complexity index is 753. The monoisotopic (exact) mass is 381 g/mol. The number of carbonyl (C=O) groups excluding carboxylic acids is 2. The van der Waals surface area contributed by atoms with Crippen LogP contribution in [0.15, 0.2) is 36.9 Å². The summed E-state index contributed by atoms with van der Waals surface area (Å²) in [6.07, 6.45) is 3.36. The number of likely N-dealkylation sites (tertiary alicyclic amines) is 1. The van der Waals surface area contributed by atoms with Crippen LogP contribution in [0.5, 0.6) is 0 Å². The number of nitrogens with one attached hydrogen (secondary N) is 2. The first-order valence-corrected chi connectivity index (χ1v) is 10.1. The summed E-state index contributed by atoms with van der Waals surface area (Å²) in [6, 6.07) is 6.26. The predicted octanol–water partition coefficient (Wildman–Crippen LogP) is 1.57. The van der Waals surface area contributed by atoms with Crippen LogP contribution in [0.4, 0.5) is 10.5 Å². The SMILES string of the molecule is C=CCOC(=O)NC1CCN(C(=O)c2ccc(NS(C)(=O)=O)cc2)CC1. The normalized spacial score (nSPS) is 15.2. The second kappa shape index (κ2) is 8.70. The van der Waals surface area contributed by atoms with E-state index >= 15 is 0 Å². The third-order valence-corrected chi connectivity index (χ3v) is 4.48. The highest BCUT2D eigenvalue weighted by molar-refractivity contribution is 7.92. The molecule has 1 fully saturated rings. The number of rotatable bonds is 6. The number of ether oxygens (including phenoxy) is 1. The smallest absolute Gasteiger partial charge is 0.407 e. The van der Waals surface area contributed by atoms with E-state index in [1.165, 1.54) is 6.08 Å². The number of hydrogen-bond acceptors (Lipinski definition) is 5. The van der Waals surface area contributed by atoms with Crippen LogP contribution >= 0.6 is 0 Å². The molecule has 9 heteroatoms. The van der Waals surface area contributed by atoms with Gasteiger partial charge in [-0.15, -0.1) is 0 Å². The Hall–Kier alpha value is -2.55. The van der Waals surface area contributed by atoms with Crippen molar-refractivity contribution < 1.29 is 22.7 Å². The summed E-state index contributed by atoms with van der Waals surface area (Å²) >= 11 is 0. The van der Waals surface area contributed by atoms with Crippen LogP contribution in [0, 0.1) is 0 Å². The molecular formula is C17H23N3O5S. The first-order valence-electron chi connectivity index (χ1n) is 8.20.